The lowest BCUT2D eigenvalue weighted by molar-refractivity contribution is -0.139. The predicted molar refractivity (Wildman–Crippen MR) is 116 cm³/mol. The summed E-state index contributed by atoms with van der Waals surface area (Å²) < 4.78 is 36.4. The van der Waals surface area contributed by atoms with E-state index in [0.29, 0.717) is 6.04 Å². The number of rotatable bonds is 3. The van der Waals surface area contributed by atoms with Gasteiger partial charge < -0.3 is 10.0 Å². The van der Waals surface area contributed by atoms with Crippen LogP contribution in [0, 0.1) is 0 Å². The van der Waals surface area contributed by atoms with Gasteiger partial charge in [0.15, 0.2) is 0 Å². The van der Waals surface area contributed by atoms with Gasteiger partial charge in [0.2, 0.25) is 0 Å². The summed E-state index contributed by atoms with van der Waals surface area (Å²) in [7, 11) is 1.00. The standard InChI is InChI=1S/C12H10.C11H19F3N2.CH4O/c1-3-7-11(8-4-1)12-9-5-2-6-10-12;12-11(13,14)4-8-15-5-1-2-6-16-7-3-10(16)9-15;1-2/h1-10H;10H,1-9H2;2H,1H3. The Bertz CT molecular complexity index is 657. The van der Waals surface area contributed by atoms with E-state index in [0.717, 1.165) is 52.6 Å². The number of hydrogen-bond donors (Lipinski definition) is 1. The van der Waals surface area contributed by atoms with E-state index >= 15 is 0 Å². The molecule has 2 heterocycles. The van der Waals surface area contributed by atoms with Crippen LogP contribution in [0.4, 0.5) is 13.2 Å². The molecule has 0 aromatic heterocycles. The fourth-order valence-corrected chi connectivity index (χ4v) is 3.78. The average molecular weight is 423 g/mol. The molecule has 2 aromatic rings. The molecule has 2 saturated heterocycles. The Balaban J connectivity index is 0.000000204. The largest absolute Gasteiger partial charge is 0.400 e. The zero-order valence-electron chi connectivity index (χ0n) is 17.7. The molecule has 3 nitrogen and oxygen atoms in total. The molecule has 1 N–H and O–H groups in total. The Kier molecular flexibility index (Phi) is 10.3. The van der Waals surface area contributed by atoms with Crippen LogP contribution in [-0.2, 0) is 0 Å². The van der Waals surface area contributed by atoms with Gasteiger partial charge in [0, 0.05) is 32.8 Å². The van der Waals surface area contributed by atoms with Gasteiger partial charge in [-0.25, -0.2) is 0 Å². The molecule has 2 fully saturated rings. The van der Waals surface area contributed by atoms with Gasteiger partial charge in [-0.05, 0) is 43.5 Å². The van der Waals surface area contributed by atoms with Crippen molar-refractivity contribution in [3.63, 3.8) is 0 Å². The van der Waals surface area contributed by atoms with Crippen LogP contribution in [0.25, 0.3) is 11.1 Å². The summed E-state index contributed by atoms with van der Waals surface area (Å²) in [6.45, 7) is 4.11. The summed E-state index contributed by atoms with van der Waals surface area (Å²) in [6.07, 6.45) is -1.37. The van der Waals surface area contributed by atoms with E-state index in [1.807, 2.05) is 17.0 Å². The second-order valence-electron chi connectivity index (χ2n) is 7.58. The number of alkyl halides is 3. The molecule has 1 atom stereocenters. The molecular formula is C24H33F3N2O. The Morgan fingerprint density at radius 3 is 1.83 bits per heavy atom. The van der Waals surface area contributed by atoms with E-state index < -0.39 is 12.6 Å². The van der Waals surface area contributed by atoms with Gasteiger partial charge in [-0.1, -0.05) is 60.7 Å². The minimum Gasteiger partial charge on any atom is -0.400 e. The van der Waals surface area contributed by atoms with Gasteiger partial charge >= 0.3 is 6.18 Å². The van der Waals surface area contributed by atoms with Gasteiger partial charge in [0.1, 0.15) is 0 Å². The van der Waals surface area contributed by atoms with Gasteiger partial charge in [0.05, 0.1) is 6.42 Å². The van der Waals surface area contributed by atoms with Crippen molar-refractivity contribution < 1.29 is 18.3 Å². The van der Waals surface area contributed by atoms with Crippen LogP contribution in [0.3, 0.4) is 0 Å². The third-order valence-electron chi connectivity index (χ3n) is 5.50. The zero-order chi connectivity index (χ0) is 21.8. The highest BCUT2D eigenvalue weighted by Crippen LogP contribution is 2.24. The molecule has 4 rings (SSSR count). The van der Waals surface area contributed by atoms with Crippen LogP contribution < -0.4 is 0 Å². The van der Waals surface area contributed by atoms with Crippen molar-refractivity contribution in [3.8, 4) is 11.1 Å². The number of benzene rings is 2. The van der Waals surface area contributed by atoms with Gasteiger partial charge in [-0.15, -0.1) is 0 Å². The van der Waals surface area contributed by atoms with Crippen molar-refractivity contribution in [2.45, 2.75) is 37.9 Å². The molecule has 0 saturated carbocycles. The van der Waals surface area contributed by atoms with Gasteiger partial charge in [0.25, 0.3) is 0 Å². The summed E-state index contributed by atoms with van der Waals surface area (Å²) in [4.78, 5) is 4.39. The number of nitrogens with zero attached hydrogens (tertiary/aromatic N) is 2. The fraction of sp³-hybridized carbons (Fsp3) is 0.500. The molecule has 0 spiro atoms. The zero-order valence-corrected chi connectivity index (χ0v) is 17.7. The van der Waals surface area contributed by atoms with Gasteiger partial charge in [-0.3, -0.25) is 4.90 Å². The molecule has 0 radical (unpaired) electrons. The second kappa shape index (κ2) is 12.7. The number of fused-ring (bicyclic) bond motifs is 1. The molecule has 2 aliphatic rings. The summed E-state index contributed by atoms with van der Waals surface area (Å²) in [5, 5.41) is 7.00. The smallest absolute Gasteiger partial charge is 0.390 e. The molecule has 0 bridgehead atoms. The Morgan fingerprint density at radius 2 is 1.37 bits per heavy atom. The van der Waals surface area contributed by atoms with Crippen LogP contribution in [0.15, 0.2) is 60.7 Å². The third-order valence-corrected chi connectivity index (χ3v) is 5.50. The van der Waals surface area contributed by atoms with Gasteiger partial charge in [-0.2, -0.15) is 13.2 Å². The normalized spacial score (nSPS) is 19.6. The van der Waals surface area contributed by atoms with E-state index in [1.54, 1.807) is 0 Å². The highest BCUT2D eigenvalue weighted by molar-refractivity contribution is 5.62. The van der Waals surface area contributed by atoms with E-state index in [9.17, 15) is 13.2 Å². The summed E-state index contributed by atoms with van der Waals surface area (Å²) in [6, 6.07) is 21.3. The summed E-state index contributed by atoms with van der Waals surface area (Å²) in [5.41, 5.74) is 2.55. The Hall–Kier alpha value is -1.89. The first-order chi connectivity index (χ1) is 14.5. The number of hydrogen-bond acceptors (Lipinski definition) is 3. The minimum atomic E-state index is -4.01. The molecule has 6 heteroatoms. The molecule has 0 aliphatic carbocycles. The molecule has 30 heavy (non-hydrogen) atoms. The first kappa shape index (κ1) is 24.4. The fourth-order valence-electron chi connectivity index (χ4n) is 3.78. The van der Waals surface area contributed by atoms with Crippen LogP contribution in [0.5, 0.6) is 0 Å². The van der Waals surface area contributed by atoms with Crippen LogP contribution in [0.2, 0.25) is 0 Å². The first-order valence-corrected chi connectivity index (χ1v) is 10.6. The minimum absolute atomic E-state index is 0.174. The van der Waals surface area contributed by atoms with Crippen molar-refractivity contribution >= 4 is 0 Å². The highest BCUT2D eigenvalue weighted by atomic mass is 19.4. The number of halogens is 3. The van der Waals surface area contributed by atoms with Crippen molar-refractivity contribution in [3.05, 3.63) is 60.7 Å². The maximum atomic E-state index is 12.1. The van der Waals surface area contributed by atoms with Crippen LogP contribution in [0.1, 0.15) is 25.7 Å². The maximum absolute atomic E-state index is 12.1. The van der Waals surface area contributed by atoms with E-state index in [1.165, 1.54) is 11.1 Å². The Morgan fingerprint density at radius 1 is 0.833 bits per heavy atom. The topological polar surface area (TPSA) is 26.7 Å². The first-order valence-electron chi connectivity index (χ1n) is 10.6. The van der Waals surface area contributed by atoms with Crippen molar-refractivity contribution in [1.82, 2.24) is 9.80 Å². The number of aliphatic hydroxyl groups is 1. The average Bonchev–Trinajstić information content (AvgIpc) is 2.75. The summed E-state index contributed by atoms with van der Waals surface area (Å²) >= 11 is 0. The maximum Gasteiger partial charge on any atom is 0.390 e. The van der Waals surface area contributed by atoms with E-state index in [2.05, 4.69) is 53.4 Å². The quantitative estimate of drug-likeness (QED) is 0.748. The summed E-state index contributed by atoms with van der Waals surface area (Å²) in [5.74, 6) is 0. The Labute approximate surface area is 178 Å². The second-order valence-corrected chi connectivity index (χ2v) is 7.58. The van der Waals surface area contributed by atoms with E-state index in [-0.39, 0.29) is 6.54 Å². The van der Waals surface area contributed by atoms with Crippen LogP contribution >= 0.6 is 0 Å². The molecule has 1 unspecified atom stereocenters. The van der Waals surface area contributed by atoms with Crippen molar-refractivity contribution in [2.75, 3.05) is 39.8 Å². The molecule has 0 amide bonds. The highest BCUT2D eigenvalue weighted by Gasteiger charge is 2.32. The van der Waals surface area contributed by atoms with Crippen molar-refractivity contribution in [2.24, 2.45) is 0 Å². The van der Waals surface area contributed by atoms with E-state index in [4.69, 9.17) is 5.11 Å². The molecule has 2 aromatic carbocycles. The molecular weight excluding hydrogens is 389 g/mol. The molecule has 2 aliphatic heterocycles. The lowest BCUT2D eigenvalue weighted by atomic mass is 10.00. The monoisotopic (exact) mass is 422 g/mol. The lowest BCUT2D eigenvalue weighted by Crippen LogP contribution is -2.55. The SMILES string of the molecule is CO.FC(F)(F)CCN1CCCCN2CCC2C1.c1ccc(-c2ccccc2)cc1. The molecule has 166 valence electrons. The predicted octanol–water partition coefficient (Wildman–Crippen LogP) is 5.07. The van der Waals surface area contributed by atoms with Crippen molar-refractivity contribution in [1.29, 1.82) is 0 Å². The third kappa shape index (κ3) is 8.46. The lowest BCUT2D eigenvalue weighted by Gasteiger charge is -2.45. The van der Waals surface area contributed by atoms with Crippen LogP contribution in [-0.4, -0.2) is 67.0 Å². The number of aliphatic hydroxyl groups excluding tert-OH is 1.